The van der Waals surface area contributed by atoms with Gasteiger partial charge in [-0.15, -0.1) is 0 Å². The molecule has 0 unspecified atom stereocenters. The fourth-order valence-electron chi connectivity index (χ4n) is 2.17. The number of ether oxygens (including phenoxy) is 2. The molecule has 8 nitrogen and oxygen atoms in total. The van der Waals surface area contributed by atoms with Crippen molar-refractivity contribution in [1.29, 1.82) is 0 Å². The van der Waals surface area contributed by atoms with E-state index in [-0.39, 0.29) is 11.3 Å². The zero-order valence-electron chi connectivity index (χ0n) is 14.2. The normalized spacial score (nSPS) is 16.4. The quantitative estimate of drug-likeness (QED) is 0.606. The second-order valence-electron chi connectivity index (χ2n) is 6.06. The molecular formula is C16H19N3O5. The second-order valence-corrected chi connectivity index (χ2v) is 6.06. The van der Waals surface area contributed by atoms with Crippen molar-refractivity contribution in [1.82, 2.24) is 9.58 Å². The molecule has 2 rings (SSSR count). The van der Waals surface area contributed by atoms with E-state index in [4.69, 9.17) is 4.74 Å². The highest BCUT2D eigenvalue weighted by Crippen LogP contribution is 2.26. The molecule has 24 heavy (non-hydrogen) atoms. The van der Waals surface area contributed by atoms with Gasteiger partial charge in [0.25, 0.3) is 5.91 Å². The molecule has 0 radical (unpaired) electrons. The molecular weight excluding hydrogens is 314 g/mol. The number of hydrogen-bond acceptors (Lipinski definition) is 6. The Kier molecular flexibility index (Phi) is 4.59. The van der Waals surface area contributed by atoms with Crippen molar-refractivity contribution in [3.8, 4) is 0 Å². The number of hydrazone groups is 1. The maximum absolute atomic E-state index is 12.7. The first-order valence-electron chi connectivity index (χ1n) is 7.20. The van der Waals surface area contributed by atoms with E-state index in [0.29, 0.717) is 5.69 Å². The summed E-state index contributed by atoms with van der Waals surface area (Å²) in [6.07, 6.45) is 2.30. The van der Waals surface area contributed by atoms with Crippen molar-refractivity contribution >= 4 is 29.8 Å². The van der Waals surface area contributed by atoms with E-state index in [0.717, 1.165) is 0 Å². The van der Waals surface area contributed by atoms with Gasteiger partial charge in [-0.2, -0.15) is 5.10 Å². The largest absolute Gasteiger partial charge is 0.464 e. The molecule has 1 aliphatic heterocycles. The van der Waals surface area contributed by atoms with Gasteiger partial charge in [-0.1, -0.05) is 0 Å². The van der Waals surface area contributed by atoms with Crippen LogP contribution in [0.25, 0.3) is 6.08 Å². The summed E-state index contributed by atoms with van der Waals surface area (Å²) >= 11 is 0. The van der Waals surface area contributed by atoms with Crippen LogP contribution < -0.4 is 0 Å². The number of rotatable bonds is 2. The molecule has 0 spiro atoms. The van der Waals surface area contributed by atoms with Gasteiger partial charge in [0.1, 0.15) is 0 Å². The Morgan fingerprint density at radius 3 is 2.42 bits per heavy atom. The van der Waals surface area contributed by atoms with E-state index < -0.39 is 23.5 Å². The Bertz CT molecular complexity index is 752. The molecule has 8 heteroatoms. The lowest BCUT2D eigenvalue weighted by Crippen LogP contribution is -2.39. The number of amides is 1. The molecule has 128 valence electrons. The number of nitrogens with zero attached hydrogens (tertiary/aromatic N) is 3. The maximum Gasteiger partial charge on any atom is 0.418 e. The van der Waals surface area contributed by atoms with Gasteiger partial charge in [-0.05, 0) is 39.0 Å². The fourth-order valence-corrected chi connectivity index (χ4v) is 2.17. The van der Waals surface area contributed by atoms with Crippen LogP contribution in [-0.4, -0.2) is 53.0 Å². The summed E-state index contributed by atoms with van der Waals surface area (Å²) in [6, 6.07) is 3.24. The van der Waals surface area contributed by atoms with Gasteiger partial charge >= 0.3 is 12.1 Å². The monoisotopic (exact) mass is 333 g/mol. The summed E-state index contributed by atoms with van der Waals surface area (Å²) in [4.78, 5) is 36.4. The van der Waals surface area contributed by atoms with E-state index in [1.165, 1.54) is 36.1 Å². The van der Waals surface area contributed by atoms with Crippen LogP contribution >= 0.6 is 0 Å². The molecule has 0 N–H and O–H groups in total. The van der Waals surface area contributed by atoms with Crippen LogP contribution in [0.1, 0.15) is 26.5 Å². The summed E-state index contributed by atoms with van der Waals surface area (Å²) in [6.45, 7) is 5.39. The number of carbonyl (C=O) groups is 3. The fraction of sp³-hybridized carbons (Fsp3) is 0.375. The molecule has 1 aliphatic rings. The Balaban J connectivity index is 2.53. The average molecular weight is 333 g/mol. The molecule has 0 fully saturated rings. The summed E-state index contributed by atoms with van der Waals surface area (Å²) < 4.78 is 10.6. The topological polar surface area (TPSA) is 90.2 Å². The van der Waals surface area contributed by atoms with Gasteiger partial charge in [-0.25, -0.2) is 14.6 Å². The lowest BCUT2D eigenvalue weighted by molar-refractivity contribution is -0.132. The van der Waals surface area contributed by atoms with Gasteiger partial charge < -0.3 is 9.47 Å². The lowest BCUT2D eigenvalue weighted by Gasteiger charge is -2.27. The van der Waals surface area contributed by atoms with Crippen molar-refractivity contribution in [2.75, 3.05) is 14.2 Å². The highest BCUT2D eigenvalue weighted by Gasteiger charge is 2.40. The molecule has 0 saturated heterocycles. The highest BCUT2D eigenvalue weighted by atomic mass is 16.5. The van der Waals surface area contributed by atoms with E-state index in [1.807, 2.05) is 0 Å². The highest BCUT2D eigenvalue weighted by molar-refractivity contribution is 6.52. The van der Waals surface area contributed by atoms with E-state index >= 15 is 0 Å². The smallest absolute Gasteiger partial charge is 0.418 e. The molecule has 2 heterocycles. The van der Waals surface area contributed by atoms with Crippen LogP contribution in [0.15, 0.2) is 29.0 Å². The Labute approximate surface area is 139 Å². The van der Waals surface area contributed by atoms with Crippen LogP contribution in [-0.2, 0) is 19.1 Å². The number of hydrogen-bond donors (Lipinski definition) is 0. The molecule has 0 bridgehead atoms. The molecule has 0 aromatic carbocycles. The van der Waals surface area contributed by atoms with Gasteiger partial charge in [0.15, 0.2) is 5.71 Å². The van der Waals surface area contributed by atoms with Gasteiger partial charge in [0.2, 0.25) is 0 Å². The lowest BCUT2D eigenvalue weighted by atomic mass is 10.1. The Morgan fingerprint density at radius 1 is 1.21 bits per heavy atom. The maximum atomic E-state index is 12.7. The number of carbonyl (C=O) groups excluding carboxylic acids is 3. The molecule has 1 aromatic rings. The van der Waals surface area contributed by atoms with Gasteiger partial charge in [0.05, 0.1) is 31.0 Å². The van der Waals surface area contributed by atoms with E-state index in [9.17, 15) is 14.4 Å². The van der Waals surface area contributed by atoms with Crippen molar-refractivity contribution in [3.05, 3.63) is 29.6 Å². The van der Waals surface area contributed by atoms with Crippen molar-refractivity contribution in [3.63, 3.8) is 0 Å². The first kappa shape index (κ1) is 17.5. The standard InChI is InChI=1S/C16H19N3O5/c1-16(2,3)19-13(20)11(12(17-19)14(21)23-4)9-10-7-6-8-18(10)15(22)24-5/h6-9H,1-5H3/b11-9-. The van der Waals surface area contributed by atoms with Crippen molar-refractivity contribution in [2.24, 2.45) is 5.10 Å². The molecule has 0 saturated carbocycles. The minimum absolute atomic E-state index is 0.0561. The summed E-state index contributed by atoms with van der Waals surface area (Å²) in [5.41, 5.74) is -0.274. The van der Waals surface area contributed by atoms with Gasteiger partial charge in [0, 0.05) is 6.20 Å². The average Bonchev–Trinajstić information content (AvgIpc) is 3.11. The van der Waals surface area contributed by atoms with Crippen molar-refractivity contribution < 1.29 is 23.9 Å². The van der Waals surface area contributed by atoms with E-state index in [2.05, 4.69) is 9.84 Å². The SMILES string of the molecule is COC(=O)C1=NN(C(C)(C)C)C(=O)/C1=C\c1cccn1C(=O)OC. The number of methoxy groups -OCH3 is 2. The molecule has 0 atom stereocenters. The Morgan fingerprint density at radius 2 is 1.88 bits per heavy atom. The minimum atomic E-state index is -0.725. The summed E-state index contributed by atoms with van der Waals surface area (Å²) in [5.74, 6) is -1.17. The van der Waals surface area contributed by atoms with Crippen LogP contribution in [0.5, 0.6) is 0 Å². The zero-order chi connectivity index (χ0) is 18.1. The number of esters is 1. The summed E-state index contributed by atoms with van der Waals surface area (Å²) in [7, 11) is 2.46. The Hall–Kier alpha value is -2.90. The molecule has 1 aromatic heterocycles. The van der Waals surface area contributed by atoms with Crippen LogP contribution in [0.3, 0.4) is 0 Å². The first-order chi connectivity index (χ1) is 11.2. The minimum Gasteiger partial charge on any atom is -0.464 e. The summed E-state index contributed by atoms with van der Waals surface area (Å²) in [5, 5.41) is 5.32. The third-order valence-corrected chi connectivity index (χ3v) is 3.34. The third kappa shape index (κ3) is 3.08. The second kappa shape index (κ2) is 6.31. The van der Waals surface area contributed by atoms with Crippen LogP contribution in [0.2, 0.25) is 0 Å². The van der Waals surface area contributed by atoms with Crippen LogP contribution in [0, 0.1) is 0 Å². The molecule has 1 amide bonds. The predicted molar refractivity (Wildman–Crippen MR) is 86.3 cm³/mol. The predicted octanol–water partition coefficient (Wildman–Crippen LogP) is 1.66. The van der Waals surface area contributed by atoms with Crippen molar-refractivity contribution in [2.45, 2.75) is 26.3 Å². The zero-order valence-corrected chi connectivity index (χ0v) is 14.2. The number of aromatic nitrogens is 1. The molecule has 0 aliphatic carbocycles. The van der Waals surface area contributed by atoms with Crippen LogP contribution in [0.4, 0.5) is 4.79 Å². The van der Waals surface area contributed by atoms with Gasteiger partial charge in [-0.3, -0.25) is 9.36 Å². The van der Waals surface area contributed by atoms with E-state index in [1.54, 1.807) is 32.9 Å². The third-order valence-electron chi connectivity index (χ3n) is 3.34. The first-order valence-corrected chi connectivity index (χ1v) is 7.20.